The van der Waals surface area contributed by atoms with Gasteiger partial charge in [0, 0.05) is 12.6 Å². The molecule has 3 aromatic carbocycles. The number of hydrogen-bond donors (Lipinski definition) is 1. The standard InChI is InChI=1S/C23H24N2O4S/c1-17(18-7-5-4-6-8-18)24-23(26)19-9-11-20(12-10-19)25(2)30(27,28)22-15-13-21(29-3)14-16-22/h4-17H,1-3H3,(H,24,26)/t17-/m1/s1. The van der Waals surface area contributed by atoms with Crippen molar-refractivity contribution < 1.29 is 17.9 Å². The first-order chi connectivity index (χ1) is 14.3. The van der Waals surface area contributed by atoms with Crippen LogP contribution in [0.2, 0.25) is 0 Å². The lowest BCUT2D eigenvalue weighted by molar-refractivity contribution is 0.0940. The summed E-state index contributed by atoms with van der Waals surface area (Å²) in [5.41, 5.74) is 1.92. The van der Waals surface area contributed by atoms with Gasteiger partial charge in [-0.3, -0.25) is 9.10 Å². The Labute approximate surface area is 177 Å². The highest BCUT2D eigenvalue weighted by molar-refractivity contribution is 7.92. The summed E-state index contributed by atoms with van der Waals surface area (Å²) in [6.07, 6.45) is 0. The number of methoxy groups -OCH3 is 1. The van der Waals surface area contributed by atoms with Gasteiger partial charge in [-0.1, -0.05) is 30.3 Å². The van der Waals surface area contributed by atoms with Crippen LogP contribution in [0.5, 0.6) is 5.75 Å². The van der Waals surface area contributed by atoms with E-state index in [4.69, 9.17) is 4.74 Å². The van der Waals surface area contributed by atoms with Crippen LogP contribution in [0.4, 0.5) is 5.69 Å². The largest absolute Gasteiger partial charge is 0.497 e. The Balaban J connectivity index is 1.73. The average molecular weight is 425 g/mol. The highest BCUT2D eigenvalue weighted by Crippen LogP contribution is 2.24. The van der Waals surface area contributed by atoms with Crippen LogP contribution in [0.15, 0.2) is 83.8 Å². The fraction of sp³-hybridized carbons (Fsp3) is 0.174. The van der Waals surface area contributed by atoms with E-state index in [9.17, 15) is 13.2 Å². The number of benzene rings is 3. The molecule has 0 unspecified atom stereocenters. The first-order valence-corrected chi connectivity index (χ1v) is 10.9. The quantitative estimate of drug-likeness (QED) is 0.622. The van der Waals surface area contributed by atoms with Crippen molar-refractivity contribution in [3.8, 4) is 5.75 Å². The molecule has 0 saturated heterocycles. The van der Waals surface area contributed by atoms with Crippen LogP contribution < -0.4 is 14.4 Å². The normalized spacial score (nSPS) is 12.1. The first kappa shape index (κ1) is 21.4. The van der Waals surface area contributed by atoms with Gasteiger partial charge in [0.1, 0.15) is 5.75 Å². The molecule has 0 aromatic heterocycles. The van der Waals surface area contributed by atoms with Crippen molar-refractivity contribution in [3.05, 3.63) is 90.0 Å². The maximum atomic E-state index is 12.9. The molecule has 3 rings (SSSR count). The van der Waals surface area contributed by atoms with Gasteiger partial charge in [0.25, 0.3) is 15.9 Å². The minimum Gasteiger partial charge on any atom is -0.497 e. The van der Waals surface area contributed by atoms with Crippen molar-refractivity contribution in [3.63, 3.8) is 0 Å². The fourth-order valence-electron chi connectivity index (χ4n) is 2.97. The molecule has 0 radical (unpaired) electrons. The van der Waals surface area contributed by atoms with Crippen LogP contribution >= 0.6 is 0 Å². The molecular formula is C23H24N2O4S. The van der Waals surface area contributed by atoms with Crippen molar-refractivity contribution in [2.75, 3.05) is 18.5 Å². The summed E-state index contributed by atoms with van der Waals surface area (Å²) in [5, 5.41) is 2.95. The van der Waals surface area contributed by atoms with Crippen LogP contribution in [0, 0.1) is 0 Å². The molecule has 6 nitrogen and oxygen atoms in total. The number of hydrogen-bond acceptors (Lipinski definition) is 4. The lowest BCUT2D eigenvalue weighted by atomic mass is 10.1. The Kier molecular flexibility index (Phi) is 6.42. The number of nitrogens with one attached hydrogen (secondary N) is 1. The molecule has 0 heterocycles. The number of sulfonamides is 1. The summed E-state index contributed by atoms with van der Waals surface area (Å²) in [7, 11) is -0.728. The zero-order valence-corrected chi connectivity index (χ0v) is 17.9. The Hall–Kier alpha value is -3.32. The number of anilines is 1. The number of carbonyl (C=O) groups is 1. The number of amides is 1. The second-order valence-electron chi connectivity index (χ2n) is 6.80. The first-order valence-electron chi connectivity index (χ1n) is 9.42. The minimum absolute atomic E-state index is 0.142. The maximum absolute atomic E-state index is 12.9. The van der Waals surface area contributed by atoms with Crippen LogP contribution in [0.25, 0.3) is 0 Å². The van der Waals surface area contributed by atoms with Crippen LogP contribution in [-0.2, 0) is 10.0 Å². The number of nitrogens with zero attached hydrogens (tertiary/aromatic N) is 1. The van der Waals surface area contributed by atoms with Gasteiger partial charge in [-0.2, -0.15) is 0 Å². The summed E-state index contributed by atoms with van der Waals surface area (Å²) in [6.45, 7) is 1.91. The molecule has 0 spiro atoms. The molecule has 3 aromatic rings. The zero-order chi connectivity index (χ0) is 21.7. The molecule has 7 heteroatoms. The number of rotatable bonds is 7. The van der Waals surface area contributed by atoms with Crippen molar-refractivity contribution in [2.45, 2.75) is 17.9 Å². The Morgan fingerprint density at radius 1 is 0.933 bits per heavy atom. The predicted molar refractivity (Wildman–Crippen MR) is 117 cm³/mol. The van der Waals surface area contributed by atoms with Gasteiger partial charge in [-0.05, 0) is 61.0 Å². The topological polar surface area (TPSA) is 75.7 Å². The summed E-state index contributed by atoms with van der Waals surface area (Å²) >= 11 is 0. The molecule has 1 N–H and O–H groups in total. The summed E-state index contributed by atoms with van der Waals surface area (Å²) in [4.78, 5) is 12.7. The molecule has 156 valence electrons. The number of carbonyl (C=O) groups excluding carboxylic acids is 1. The predicted octanol–water partition coefficient (Wildman–Crippen LogP) is 4.01. The molecular weight excluding hydrogens is 400 g/mol. The van der Waals surface area contributed by atoms with Gasteiger partial charge < -0.3 is 10.1 Å². The van der Waals surface area contributed by atoms with Crippen LogP contribution in [0.1, 0.15) is 28.9 Å². The van der Waals surface area contributed by atoms with Crippen molar-refractivity contribution >= 4 is 21.6 Å². The molecule has 0 fully saturated rings. The molecule has 1 amide bonds. The molecule has 0 saturated carbocycles. The third-order valence-corrected chi connectivity index (χ3v) is 6.66. The lowest BCUT2D eigenvalue weighted by Crippen LogP contribution is -2.28. The summed E-state index contributed by atoms with van der Waals surface area (Å²) < 4.78 is 32.0. The molecule has 1 atom stereocenters. The zero-order valence-electron chi connectivity index (χ0n) is 17.1. The van der Waals surface area contributed by atoms with E-state index in [1.165, 1.54) is 30.6 Å². The monoisotopic (exact) mass is 424 g/mol. The Bertz CT molecular complexity index is 1100. The van der Waals surface area contributed by atoms with E-state index in [1.54, 1.807) is 36.4 Å². The average Bonchev–Trinajstić information content (AvgIpc) is 2.79. The van der Waals surface area contributed by atoms with Gasteiger partial charge in [0.05, 0.1) is 23.7 Å². The highest BCUT2D eigenvalue weighted by Gasteiger charge is 2.21. The van der Waals surface area contributed by atoms with E-state index in [0.29, 0.717) is 17.0 Å². The summed E-state index contributed by atoms with van der Waals surface area (Å²) in [5.74, 6) is 0.357. The second kappa shape index (κ2) is 9.00. The van der Waals surface area contributed by atoms with Gasteiger partial charge in [0.2, 0.25) is 0 Å². The van der Waals surface area contributed by atoms with Crippen molar-refractivity contribution in [1.29, 1.82) is 0 Å². The third-order valence-electron chi connectivity index (χ3n) is 4.86. The van der Waals surface area contributed by atoms with Gasteiger partial charge in [0.15, 0.2) is 0 Å². The minimum atomic E-state index is -3.73. The molecule has 0 aliphatic heterocycles. The van der Waals surface area contributed by atoms with Crippen molar-refractivity contribution in [2.24, 2.45) is 0 Å². The third kappa shape index (κ3) is 4.63. The molecule has 0 aliphatic carbocycles. The lowest BCUT2D eigenvalue weighted by Gasteiger charge is -2.20. The highest BCUT2D eigenvalue weighted by atomic mass is 32.2. The van der Waals surface area contributed by atoms with Gasteiger partial charge >= 0.3 is 0 Å². The smallest absolute Gasteiger partial charge is 0.264 e. The SMILES string of the molecule is COc1ccc(S(=O)(=O)N(C)c2ccc(C(=O)N[C@H](C)c3ccccc3)cc2)cc1. The van der Waals surface area contributed by atoms with E-state index in [2.05, 4.69) is 5.32 Å². The Morgan fingerprint density at radius 2 is 1.53 bits per heavy atom. The molecule has 30 heavy (non-hydrogen) atoms. The van der Waals surface area contributed by atoms with E-state index in [1.807, 2.05) is 37.3 Å². The van der Waals surface area contributed by atoms with Gasteiger partial charge in [-0.15, -0.1) is 0 Å². The van der Waals surface area contributed by atoms with E-state index in [-0.39, 0.29) is 16.8 Å². The van der Waals surface area contributed by atoms with E-state index >= 15 is 0 Å². The molecule has 0 bridgehead atoms. The van der Waals surface area contributed by atoms with E-state index in [0.717, 1.165) is 5.56 Å². The fourth-order valence-corrected chi connectivity index (χ4v) is 4.17. The number of ether oxygens (including phenoxy) is 1. The van der Waals surface area contributed by atoms with Crippen LogP contribution in [0.3, 0.4) is 0 Å². The van der Waals surface area contributed by atoms with Gasteiger partial charge in [-0.25, -0.2) is 8.42 Å². The van der Waals surface area contributed by atoms with E-state index < -0.39 is 10.0 Å². The second-order valence-corrected chi connectivity index (χ2v) is 8.77. The van der Waals surface area contributed by atoms with Crippen LogP contribution in [-0.4, -0.2) is 28.5 Å². The van der Waals surface area contributed by atoms with Crippen molar-refractivity contribution in [1.82, 2.24) is 5.32 Å². The maximum Gasteiger partial charge on any atom is 0.264 e. The molecule has 0 aliphatic rings. The Morgan fingerprint density at radius 3 is 2.10 bits per heavy atom. The summed E-state index contributed by atoms with van der Waals surface area (Å²) in [6, 6.07) is 22.2.